The van der Waals surface area contributed by atoms with Crippen LogP contribution in [0.4, 0.5) is 0 Å². The minimum Gasteiger partial charge on any atom is -0.299 e. The van der Waals surface area contributed by atoms with Crippen molar-refractivity contribution in [3.05, 3.63) is 12.7 Å². The van der Waals surface area contributed by atoms with Crippen molar-refractivity contribution in [3.8, 4) is 0 Å². The van der Waals surface area contributed by atoms with Gasteiger partial charge in [0.05, 0.1) is 0 Å². The zero-order valence-electron chi connectivity index (χ0n) is 9.30. The van der Waals surface area contributed by atoms with E-state index in [1.807, 2.05) is 0 Å². The zero-order chi connectivity index (χ0) is 9.86. The molecule has 2 fully saturated rings. The number of nitrogens with zero attached hydrogens (tertiary/aromatic N) is 1. The molecule has 1 heterocycles. The van der Waals surface area contributed by atoms with Gasteiger partial charge >= 0.3 is 0 Å². The first kappa shape index (κ1) is 10.2. The second-order valence-corrected chi connectivity index (χ2v) is 5.19. The average Bonchev–Trinajstić information content (AvgIpc) is 2.43. The minimum absolute atomic E-state index is 0.708. The maximum atomic E-state index is 3.83. The summed E-state index contributed by atoms with van der Waals surface area (Å²) < 4.78 is 0. The Kier molecular flexibility index (Phi) is 3.27. The Bertz CT molecular complexity index is 189. The predicted octanol–water partition coefficient (Wildman–Crippen LogP) is 3.22. The summed E-state index contributed by atoms with van der Waals surface area (Å²) in [4.78, 5) is 2.58. The quantitative estimate of drug-likeness (QED) is 0.609. The van der Waals surface area contributed by atoms with Crippen LogP contribution in [-0.4, -0.2) is 24.5 Å². The predicted molar refractivity (Wildman–Crippen MR) is 61.4 cm³/mol. The first-order valence-corrected chi connectivity index (χ1v) is 6.18. The fourth-order valence-corrected chi connectivity index (χ4v) is 3.25. The van der Waals surface area contributed by atoms with Gasteiger partial charge < -0.3 is 0 Å². The van der Waals surface area contributed by atoms with Crippen molar-refractivity contribution >= 4 is 0 Å². The lowest BCUT2D eigenvalue weighted by Crippen LogP contribution is -2.27. The Morgan fingerprint density at radius 2 is 1.79 bits per heavy atom. The fraction of sp³-hybridized carbons (Fsp3) is 0.846. The molecule has 1 aliphatic heterocycles. The highest BCUT2D eigenvalue weighted by Crippen LogP contribution is 2.42. The smallest absolute Gasteiger partial charge is 0.0160 e. The Hall–Kier alpha value is -0.300. The molecule has 0 radical (unpaired) electrons. The van der Waals surface area contributed by atoms with E-state index < -0.39 is 0 Å². The molecule has 1 saturated carbocycles. The van der Waals surface area contributed by atoms with Crippen molar-refractivity contribution in [3.63, 3.8) is 0 Å². The lowest BCUT2D eigenvalue weighted by Gasteiger charge is -2.27. The van der Waals surface area contributed by atoms with Gasteiger partial charge in [-0.1, -0.05) is 31.8 Å². The van der Waals surface area contributed by atoms with Gasteiger partial charge in [-0.15, -0.1) is 6.58 Å². The topological polar surface area (TPSA) is 3.24 Å². The number of likely N-dealkylation sites (tertiary alicyclic amines) is 1. The summed E-state index contributed by atoms with van der Waals surface area (Å²) in [5, 5.41) is 0. The van der Waals surface area contributed by atoms with Gasteiger partial charge in [0.1, 0.15) is 0 Å². The monoisotopic (exact) mass is 193 g/mol. The molecule has 0 aromatic carbocycles. The Labute approximate surface area is 88.2 Å². The second kappa shape index (κ2) is 4.48. The standard InChI is InChI=1S/C13H23N/c1-2-10-14-11-9-13(12-14)7-5-3-4-6-8-13/h2H,1,3-12H2. The lowest BCUT2D eigenvalue weighted by molar-refractivity contribution is 0.237. The van der Waals surface area contributed by atoms with Crippen LogP contribution in [0, 0.1) is 5.41 Å². The maximum absolute atomic E-state index is 3.83. The van der Waals surface area contributed by atoms with Crippen LogP contribution in [0.15, 0.2) is 12.7 Å². The van der Waals surface area contributed by atoms with Crippen molar-refractivity contribution in [1.82, 2.24) is 4.90 Å². The molecule has 0 atom stereocenters. The van der Waals surface area contributed by atoms with Gasteiger partial charge in [0.2, 0.25) is 0 Å². The summed E-state index contributed by atoms with van der Waals surface area (Å²) in [7, 11) is 0. The number of hydrogen-bond acceptors (Lipinski definition) is 1. The number of rotatable bonds is 2. The highest BCUT2D eigenvalue weighted by Gasteiger charge is 2.37. The highest BCUT2D eigenvalue weighted by molar-refractivity contribution is 4.92. The van der Waals surface area contributed by atoms with Crippen LogP contribution in [0.25, 0.3) is 0 Å². The molecule has 0 aromatic heterocycles. The average molecular weight is 193 g/mol. The van der Waals surface area contributed by atoms with Crippen molar-refractivity contribution in [2.24, 2.45) is 5.41 Å². The molecule has 2 rings (SSSR count). The second-order valence-electron chi connectivity index (χ2n) is 5.19. The summed E-state index contributed by atoms with van der Waals surface area (Å²) >= 11 is 0. The molecule has 2 aliphatic rings. The van der Waals surface area contributed by atoms with Gasteiger partial charge in [-0.05, 0) is 31.2 Å². The molecule has 0 bridgehead atoms. The third kappa shape index (κ3) is 2.20. The first-order valence-electron chi connectivity index (χ1n) is 6.18. The summed E-state index contributed by atoms with van der Waals surface area (Å²) in [5.74, 6) is 0. The zero-order valence-corrected chi connectivity index (χ0v) is 9.30. The van der Waals surface area contributed by atoms with Crippen LogP contribution in [0.1, 0.15) is 44.9 Å². The van der Waals surface area contributed by atoms with Crippen molar-refractivity contribution in [1.29, 1.82) is 0 Å². The van der Waals surface area contributed by atoms with Crippen LogP contribution in [0.3, 0.4) is 0 Å². The molecule has 1 nitrogen and oxygen atoms in total. The van der Waals surface area contributed by atoms with E-state index in [9.17, 15) is 0 Å². The summed E-state index contributed by atoms with van der Waals surface area (Å²) in [6, 6.07) is 0. The molecular weight excluding hydrogens is 170 g/mol. The summed E-state index contributed by atoms with van der Waals surface area (Å²) in [6.45, 7) is 7.59. The maximum Gasteiger partial charge on any atom is 0.0160 e. The molecule has 0 unspecified atom stereocenters. The first-order chi connectivity index (χ1) is 6.85. The fourth-order valence-electron chi connectivity index (χ4n) is 3.25. The van der Waals surface area contributed by atoms with Gasteiger partial charge in [0.15, 0.2) is 0 Å². The van der Waals surface area contributed by atoms with Crippen LogP contribution < -0.4 is 0 Å². The Morgan fingerprint density at radius 1 is 1.07 bits per heavy atom. The van der Waals surface area contributed by atoms with Gasteiger partial charge in [-0.2, -0.15) is 0 Å². The Balaban J connectivity index is 1.92. The molecule has 0 amide bonds. The lowest BCUT2D eigenvalue weighted by atomic mass is 9.80. The Morgan fingerprint density at radius 3 is 2.43 bits per heavy atom. The molecule has 80 valence electrons. The van der Waals surface area contributed by atoms with Crippen LogP contribution >= 0.6 is 0 Å². The molecule has 1 heteroatoms. The molecule has 0 N–H and O–H groups in total. The highest BCUT2D eigenvalue weighted by atomic mass is 15.1. The SMILES string of the molecule is C=CCN1CCC2(CCCCCC2)C1. The van der Waals surface area contributed by atoms with Crippen molar-refractivity contribution in [2.45, 2.75) is 44.9 Å². The molecule has 1 aliphatic carbocycles. The van der Waals surface area contributed by atoms with E-state index >= 15 is 0 Å². The minimum atomic E-state index is 0.708. The van der Waals surface area contributed by atoms with E-state index in [1.165, 1.54) is 58.0 Å². The molecular formula is C13H23N. The van der Waals surface area contributed by atoms with E-state index in [4.69, 9.17) is 0 Å². The van der Waals surface area contributed by atoms with Crippen molar-refractivity contribution in [2.75, 3.05) is 19.6 Å². The van der Waals surface area contributed by atoms with E-state index in [-0.39, 0.29) is 0 Å². The normalized spacial score (nSPS) is 27.7. The van der Waals surface area contributed by atoms with Crippen molar-refractivity contribution < 1.29 is 0 Å². The summed E-state index contributed by atoms with van der Waals surface area (Å²) in [6.07, 6.45) is 12.4. The van der Waals surface area contributed by atoms with E-state index in [1.54, 1.807) is 0 Å². The molecule has 0 aromatic rings. The van der Waals surface area contributed by atoms with Gasteiger partial charge in [0.25, 0.3) is 0 Å². The van der Waals surface area contributed by atoms with Gasteiger partial charge in [-0.25, -0.2) is 0 Å². The van der Waals surface area contributed by atoms with Crippen LogP contribution in [0.2, 0.25) is 0 Å². The van der Waals surface area contributed by atoms with Gasteiger partial charge in [0, 0.05) is 13.1 Å². The molecule has 1 spiro atoms. The van der Waals surface area contributed by atoms with E-state index in [0.717, 1.165) is 6.54 Å². The third-order valence-electron chi connectivity index (χ3n) is 4.07. The number of hydrogen-bond donors (Lipinski definition) is 0. The van der Waals surface area contributed by atoms with Crippen LogP contribution in [0.5, 0.6) is 0 Å². The summed E-state index contributed by atoms with van der Waals surface area (Å²) in [5.41, 5.74) is 0.708. The van der Waals surface area contributed by atoms with Crippen LogP contribution in [-0.2, 0) is 0 Å². The largest absolute Gasteiger partial charge is 0.299 e. The van der Waals surface area contributed by atoms with E-state index in [2.05, 4.69) is 17.6 Å². The molecule has 1 saturated heterocycles. The third-order valence-corrected chi connectivity index (χ3v) is 4.07. The van der Waals surface area contributed by atoms with E-state index in [0.29, 0.717) is 5.41 Å². The van der Waals surface area contributed by atoms with Gasteiger partial charge in [-0.3, -0.25) is 4.90 Å². The molecule has 14 heavy (non-hydrogen) atoms.